The van der Waals surface area contributed by atoms with Gasteiger partial charge in [0, 0.05) is 23.1 Å². The fourth-order valence-electron chi connectivity index (χ4n) is 0. The minimum absolute atomic E-state index is 0. The molecular weight excluding hydrogens is 84.3 g/mol. The molecule has 0 aliphatic carbocycles. The summed E-state index contributed by atoms with van der Waals surface area (Å²) in [5.74, 6) is 0. The predicted molar refractivity (Wildman–Crippen MR) is 16.4 cm³/mol. The molecule has 0 rings (SSSR count). The van der Waals surface area contributed by atoms with Crippen LogP contribution in [0.25, 0.3) is 0 Å². The molecule has 0 saturated heterocycles. The highest BCUT2D eigenvalue weighted by Gasteiger charge is 1.70. The summed E-state index contributed by atoms with van der Waals surface area (Å²) in [5.41, 5.74) is 0. The van der Waals surface area contributed by atoms with Crippen LogP contribution in [0, 0.1) is 0 Å². The van der Waals surface area contributed by atoms with Crippen molar-refractivity contribution in [2.24, 2.45) is 0 Å². The van der Waals surface area contributed by atoms with Crippen LogP contribution in [0.3, 0.4) is 0 Å². The van der Waals surface area contributed by atoms with Gasteiger partial charge in [-0.2, -0.15) is 0 Å². The van der Waals surface area contributed by atoms with E-state index in [0.717, 1.165) is 0 Å². The van der Waals surface area contributed by atoms with E-state index >= 15 is 0 Å². The van der Waals surface area contributed by atoms with Crippen molar-refractivity contribution in [3.8, 4) is 0 Å². The maximum atomic E-state index is 8.56. The molecule has 0 fully saturated rings. The van der Waals surface area contributed by atoms with E-state index in [1.807, 2.05) is 0 Å². The molecule has 0 aromatic rings. The second-order valence-electron chi connectivity index (χ2n) is 0.283. The van der Waals surface area contributed by atoms with Crippen molar-refractivity contribution in [2.75, 3.05) is 0 Å². The van der Waals surface area contributed by atoms with Gasteiger partial charge < -0.3 is 10.2 Å². The average Bonchev–Trinajstić information content (AvgIpc) is 0.811. The lowest BCUT2D eigenvalue weighted by atomic mass is 11.5. The Morgan fingerprint density at radius 1 is 1.40 bits per heavy atom. The molecule has 3 nitrogen and oxygen atoms in total. The zero-order valence-corrected chi connectivity index (χ0v) is 3.92. The molecular formula is CH2MgO3. The minimum atomic E-state index is -1.83. The average molecular weight is 86.3 g/mol. The summed E-state index contributed by atoms with van der Waals surface area (Å²) in [6.45, 7) is 0. The first-order valence-corrected chi connectivity index (χ1v) is 0.651. The molecule has 0 aliphatic heterocycles. The van der Waals surface area contributed by atoms with Gasteiger partial charge in [-0.05, 0) is 0 Å². The Morgan fingerprint density at radius 3 is 1.40 bits per heavy atom. The van der Waals surface area contributed by atoms with Crippen LogP contribution < -0.4 is 0 Å². The first-order valence-electron chi connectivity index (χ1n) is 0.651. The lowest BCUT2D eigenvalue weighted by Gasteiger charge is -1.60. The molecule has 0 amide bonds. The highest BCUT2D eigenvalue weighted by atomic mass is 24.3. The quantitative estimate of drug-likeness (QED) is 0.403. The third-order valence-electron chi connectivity index (χ3n) is 0. The molecule has 0 heterocycles. The maximum Gasteiger partial charge on any atom is 0.503 e. The van der Waals surface area contributed by atoms with Crippen LogP contribution in [0.4, 0.5) is 4.79 Å². The fraction of sp³-hybridized carbons (Fsp3) is 0. The summed E-state index contributed by atoms with van der Waals surface area (Å²) in [7, 11) is 0. The standard InChI is InChI=1S/CH2O3.Mg/c2-1(3)4;/h(H2,2,3,4);. The van der Waals surface area contributed by atoms with Gasteiger partial charge in [-0.15, -0.1) is 0 Å². The Balaban J connectivity index is 0. The Labute approximate surface area is 44.8 Å². The van der Waals surface area contributed by atoms with Crippen LogP contribution in [-0.4, -0.2) is 39.4 Å². The number of carboxylic acid groups (broad SMARTS) is 2. The second kappa shape index (κ2) is 4.04. The van der Waals surface area contributed by atoms with Crippen molar-refractivity contribution in [1.29, 1.82) is 0 Å². The number of rotatable bonds is 0. The highest BCUT2D eigenvalue weighted by Crippen LogP contribution is 1.42. The molecule has 4 heteroatoms. The Bertz CT molecular complexity index is 29.9. The van der Waals surface area contributed by atoms with Crippen molar-refractivity contribution in [3.63, 3.8) is 0 Å². The molecule has 0 unspecified atom stereocenters. The van der Waals surface area contributed by atoms with Gasteiger partial charge in [0.1, 0.15) is 0 Å². The summed E-state index contributed by atoms with van der Waals surface area (Å²) in [6.07, 6.45) is -1.83. The Morgan fingerprint density at radius 2 is 1.40 bits per heavy atom. The van der Waals surface area contributed by atoms with E-state index in [4.69, 9.17) is 15.0 Å². The van der Waals surface area contributed by atoms with E-state index in [1.54, 1.807) is 0 Å². The monoisotopic (exact) mass is 86.0 g/mol. The zero-order chi connectivity index (χ0) is 3.58. The molecule has 0 atom stereocenters. The van der Waals surface area contributed by atoms with Gasteiger partial charge in [0.25, 0.3) is 0 Å². The van der Waals surface area contributed by atoms with Gasteiger partial charge in [0.2, 0.25) is 0 Å². The molecule has 2 N–H and O–H groups in total. The van der Waals surface area contributed by atoms with Gasteiger partial charge >= 0.3 is 6.16 Å². The van der Waals surface area contributed by atoms with E-state index in [1.165, 1.54) is 0 Å². The van der Waals surface area contributed by atoms with Crippen LogP contribution >= 0.6 is 0 Å². The Hall–Kier alpha value is 0.0362. The number of hydrogen-bond acceptors (Lipinski definition) is 1. The van der Waals surface area contributed by atoms with Crippen LogP contribution in [0.5, 0.6) is 0 Å². The normalized spacial score (nSPS) is 4.80. The molecule has 26 valence electrons. The van der Waals surface area contributed by atoms with E-state index in [0.29, 0.717) is 0 Å². The molecule has 0 spiro atoms. The van der Waals surface area contributed by atoms with Crippen LogP contribution in [-0.2, 0) is 0 Å². The van der Waals surface area contributed by atoms with Crippen LogP contribution in [0.1, 0.15) is 0 Å². The first-order chi connectivity index (χ1) is 1.73. The SMILES string of the molecule is O=C(O)O.[Mg]. The van der Waals surface area contributed by atoms with Gasteiger partial charge in [0.05, 0.1) is 0 Å². The minimum Gasteiger partial charge on any atom is -0.450 e. The molecule has 0 saturated carbocycles. The molecule has 2 radical (unpaired) electrons. The smallest absolute Gasteiger partial charge is 0.450 e. The summed E-state index contributed by atoms with van der Waals surface area (Å²) in [4.78, 5) is 8.56. The summed E-state index contributed by atoms with van der Waals surface area (Å²) in [6, 6.07) is 0. The fourth-order valence-corrected chi connectivity index (χ4v) is 0. The highest BCUT2D eigenvalue weighted by molar-refractivity contribution is 5.75. The van der Waals surface area contributed by atoms with Crippen molar-refractivity contribution in [3.05, 3.63) is 0 Å². The Kier molecular flexibility index (Phi) is 7.18. The summed E-state index contributed by atoms with van der Waals surface area (Å²) < 4.78 is 0. The maximum absolute atomic E-state index is 8.56. The number of hydrogen-bond donors (Lipinski definition) is 2. The van der Waals surface area contributed by atoms with Crippen molar-refractivity contribution < 1.29 is 15.0 Å². The van der Waals surface area contributed by atoms with Gasteiger partial charge in [-0.25, -0.2) is 4.79 Å². The van der Waals surface area contributed by atoms with Gasteiger partial charge in [0.15, 0.2) is 0 Å². The van der Waals surface area contributed by atoms with Crippen molar-refractivity contribution in [2.45, 2.75) is 0 Å². The lowest BCUT2D eigenvalue weighted by Crippen LogP contribution is -1.81. The van der Waals surface area contributed by atoms with Crippen molar-refractivity contribution in [1.82, 2.24) is 0 Å². The van der Waals surface area contributed by atoms with E-state index < -0.39 is 6.16 Å². The third-order valence-corrected chi connectivity index (χ3v) is 0. The topological polar surface area (TPSA) is 57.5 Å². The van der Waals surface area contributed by atoms with E-state index in [-0.39, 0.29) is 23.1 Å². The predicted octanol–water partition coefficient (Wildman–Crippen LogP) is -0.158. The molecule has 0 aromatic carbocycles. The molecule has 5 heavy (non-hydrogen) atoms. The lowest BCUT2D eigenvalue weighted by molar-refractivity contribution is 0.137. The first kappa shape index (κ1) is 8.90. The second-order valence-corrected chi connectivity index (χ2v) is 0.283. The molecule has 0 aromatic heterocycles. The van der Waals surface area contributed by atoms with Gasteiger partial charge in [-0.1, -0.05) is 0 Å². The van der Waals surface area contributed by atoms with Crippen LogP contribution in [0.2, 0.25) is 0 Å². The van der Waals surface area contributed by atoms with Gasteiger partial charge in [-0.3, -0.25) is 0 Å². The molecule has 0 aliphatic rings. The summed E-state index contributed by atoms with van der Waals surface area (Å²) in [5, 5.41) is 13.9. The van der Waals surface area contributed by atoms with Crippen LogP contribution in [0.15, 0.2) is 0 Å². The largest absolute Gasteiger partial charge is 0.503 e. The van der Waals surface area contributed by atoms with E-state index in [2.05, 4.69) is 0 Å². The van der Waals surface area contributed by atoms with E-state index in [9.17, 15) is 0 Å². The third kappa shape index (κ3) is 12700. The number of carbonyl (C=O) groups is 1. The summed E-state index contributed by atoms with van der Waals surface area (Å²) >= 11 is 0. The molecule has 0 bridgehead atoms. The van der Waals surface area contributed by atoms with Crippen molar-refractivity contribution >= 4 is 29.2 Å². The zero-order valence-electron chi connectivity index (χ0n) is 2.51.